The molecule has 0 aromatic carbocycles. The van der Waals surface area contributed by atoms with Gasteiger partial charge < -0.3 is 9.64 Å². The summed E-state index contributed by atoms with van der Waals surface area (Å²) in [6, 6.07) is 0. The zero-order chi connectivity index (χ0) is 15.8. The molecule has 0 heterocycles. The molecule has 0 N–H and O–H groups in total. The van der Waals surface area contributed by atoms with Crippen LogP contribution < -0.4 is 0 Å². The number of likely N-dealkylation sites (N-methyl/N-ethyl adjacent to an activating group) is 1. The summed E-state index contributed by atoms with van der Waals surface area (Å²) in [7, 11) is 3.97. The average molecular weight is 336 g/mol. The van der Waals surface area contributed by atoms with Crippen molar-refractivity contribution in [1.29, 1.82) is 0 Å². The van der Waals surface area contributed by atoms with Gasteiger partial charge >= 0.3 is 5.97 Å². The van der Waals surface area contributed by atoms with Gasteiger partial charge in [-0.2, -0.15) is 0 Å². The Kier molecular flexibility index (Phi) is 20.5. The Bertz CT molecular complexity index is 235. The molecule has 0 atom stereocenters. The normalized spacial score (nSPS) is 10.5. The van der Waals surface area contributed by atoms with Crippen LogP contribution in [-0.4, -0.2) is 38.1 Å². The molecule has 0 saturated carbocycles. The number of rotatable bonds is 15. The Morgan fingerprint density at radius 3 is 1.73 bits per heavy atom. The molecule has 0 aliphatic heterocycles. The SMILES string of the molecule is CCCCCCCCCCCCCC(=O)OCCN(C)C.Cl. The Morgan fingerprint density at radius 2 is 1.27 bits per heavy atom. The molecule has 0 unspecified atom stereocenters. The molecule has 0 radical (unpaired) electrons. The number of unbranched alkanes of at least 4 members (excludes halogenated alkanes) is 10. The molecule has 0 rings (SSSR count). The van der Waals surface area contributed by atoms with Crippen LogP contribution in [0.3, 0.4) is 0 Å². The maximum atomic E-state index is 11.4. The van der Waals surface area contributed by atoms with Crippen molar-refractivity contribution in [2.24, 2.45) is 0 Å². The van der Waals surface area contributed by atoms with E-state index in [4.69, 9.17) is 4.74 Å². The highest BCUT2D eigenvalue weighted by molar-refractivity contribution is 5.85. The van der Waals surface area contributed by atoms with Gasteiger partial charge in [-0.05, 0) is 20.5 Å². The largest absolute Gasteiger partial charge is 0.464 e. The standard InChI is InChI=1S/C18H37NO2.ClH/c1-4-5-6-7-8-9-10-11-12-13-14-15-18(20)21-17-16-19(2)3;/h4-17H2,1-3H3;1H. The molecule has 22 heavy (non-hydrogen) atoms. The lowest BCUT2D eigenvalue weighted by molar-refractivity contribution is -0.144. The quantitative estimate of drug-likeness (QED) is 0.304. The zero-order valence-electron chi connectivity index (χ0n) is 15.1. The summed E-state index contributed by atoms with van der Waals surface area (Å²) in [4.78, 5) is 13.5. The summed E-state index contributed by atoms with van der Waals surface area (Å²) in [6.45, 7) is 3.59. The monoisotopic (exact) mass is 335 g/mol. The van der Waals surface area contributed by atoms with E-state index in [0.717, 1.165) is 13.0 Å². The molecule has 0 saturated heterocycles. The van der Waals surface area contributed by atoms with Crippen LogP contribution >= 0.6 is 12.4 Å². The Labute approximate surface area is 144 Å². The fourth-order valence-electron chi connectivity index (χ4n) is 2.35. The Balaban J connectivity index is 0. The predicted octanol–water partition coefficient (Wildman–Crippen LogP) is 5.21. The van der Waals surface area contributed by atoms with Gasteiger partial charge in [-0.1, -0.05) is 71.1 Å². The van der Waals surface area contributed by atoms with Crippen molar-refractivity contribution < 1.29 is 9.53 Å². The number of halogens is 1. The molecule has 0 spiro atoms. The summed E-state index contributed by atoms with van der Waals surface area (Å²) < 4.78 is 5.16. The van der Waals surface area contributed by atoms with Crippen LogP contribution in [0.15, 0.2) is 0 Å². The highest BCUT2D eigenvalue weighted by atomic mass is 35.5. The Hall–Kier alpha value is -0.280. The molecule has 3 nitrogen and oxygen atoms in total. The topological polar surface area (TPSA) is 29.5 Å². The van der Waals surface area contributed by atoms with Crippen LogP contribution in [0.2, 0.25) is 0 Å². The lowest BCUT2D eigenvalue weighted by Gasteiger charge is -2.09. The van der Waals surface area contributed by atoms with E-state index in [2.05, 4.69) is 6.92 Å². The van der Waals surface area contributed by atoms with Crippen LogP contribution in [0.25, 0.3) is 0 Å². The van der Waals surface area contributed by atoms with E-state index in [1.54, 1.807) is 0 Å². The zero-order valence-corrected chi connectivity index (χ0v) is 15.9. The summed E-state index contributed by atoms with van der Waals surface area (Å²) in [5.41, 5.74) is 0. The molecule has 0 bridgehead atoms. The maximum absolute atomic E-state index is 11.4. The molecule has 134 valence electrons. The second kappa shape index (κ2) is 18.8. The van der Waals surface area contributed by atoms with Crippen molar-refractivity contribution in [2.75, 3.05) is 27.2 Å². The number of ether oxygens (including phenoxy) is 1. The van der Waals surface area contributed by atoms with Gasteiger partial charge in [0.2, 0.25) is 0 Å². The van der Waals surface area contributed by atoms with E-state index in [1.807, 2.05) is 19.0 Å². The van der Waals surface area contributed by atoms with Crippen molar-refractivity contribution in [3.63, 3.8) is 0 Å². The van der Waals surface area contributed by atoms with Crippen molar-refractivity contribution in [2.45, 2.75) is 84.0 Å². The van der Waals surface area contributed by atoms with Gasteiger partial charge in [-0.3, -0.25) is 4.79 Å². The molecular weight excluding hydrogens is 298 g/mol. The molecular formula is C18H38ClNO2. The molecule has 4 heteroatoms. The number of carbonyl (C=O) groups excluding carboxylic acids is 1. The smallest absolute Gasteiger partial charge is 0.305 e. The van der Waals surface area contributed by atoms with Crippen LogP contribution in [0.5, 0.6) is 0 Å². The van der Waals surface area contributed by atoms with Crippen LogP contribution in [0.1, 0.15) is 84.0 Å². The lowest BCUT2D eigenvalue weighted by Crippen LogP contribution is -2.20. The summed E-state index contributed by atoms with van der Waals surface area (Å²) in [5.74, 6) is -0.0345. The summed E-state index contributed by atoms with van der Waals surface area (Å²) in [5, 5.41) is 0. The molecule has 0 amide bonds. The van der Waals surface area contributed by atoms with E-state index in [1.165, 1.54) is 64.2 Å². The number of nitrogens with zero attached hydrogens (tertiary/aromatic N) is 1. The first kappa shape index (κ1) is 24.0. The van der Waals surface area contributed by atoms with Crippen LogP contribution in [0.4, 0.5) is 0 Å². The third-order valence-corrected chi connectivity index (χ3v) is 3.79. The summed E-state index contributed by atoms with van der Waals surface area (Å²) >= 11 is 0. The second-order valence-corrected chi connectivity index (χ2v) is 6.31. The van der Waals surface area contributed by atoms with Crippen molar-refractivity contribution >= 4 is 18.4 Å². The maximum Gasteiger partial charge on any atom is 0.305 e. The minimum atomic E-state index is -0.0345. The van der Waals surface area contributed by atoms with E-state index in [9.17, 15) is 4.79 Å². The predicted molar refractivity (Wildman–Crippen MR) is 97.8 cm³/mol. The second-order valence-electron chi connectivity index (χ2n) is 6.31. The number of carbonyl (C=O) groups is 1. The van der Waals surface area contributed by atoms with Gasteiger partial charge in [0.1, 0.15) is 6.61 Å². The number of hydrogen-bond acceptors (Lipinski definition) is 3. The van der Waals surface area contributed by atoms with E-state index in [0.29, 0.717) is 13.0 Å². The van der Waals surface area contributed by atoms with Gasteiger partial charge in [0.05, 0.1) is 0 Å². The molecule has 0 aliphatic carbocycles. The first-order valence-corrected chi connectivity index (χ1v) is 8.97. The first-order chi connectivity index (χ1) is 10.2. The number of hydrogen-bond donors (Lipinski definition) is 0. The van der Waals surface area contributed by atoms with Gasteiger partial charge in [-0.25, -0.2) is 0 Å². The first-order valence-electron chi connectivity index (χ1n) is 8.97. The third-order valence-electron chi connectivity index (χ3n) is 3.79. The van der Waals surface area contributed by atoms with E-state index >= 15 is 0 Å². The van der Waals surface area contributed by atoms with Gasteiger partial charge in [0, 0.05) is 13.0 Å². The lowest BCUT2D eigenvalue weighted by atomic mass is 10.1. The van der Waals surface area contributed by atoms with Gasteiger partial charge in [-0.15, -0.1) is 12.4 Å². The molecule has 0 aromatic rings. The molecule has 0 aliphatic rings. The fourth-order valence-corrected chi connectivity index (χ4v) is 2.35. The average Bonchev–Trinajstić information content (AvgIpc) is 2.44. The van der Waals surface area contributed by atoms with Crippen molar-refractivity contribution in [3.8, 4) is 0 Å². The Morgan fingerprint density at radius 1 is 0.818 bits per heavy atom. The summed E-state index contributed by atoms with van der Waals surface area (Å²) in [6.07, 6.45) is 15.0. The molecule has 0 fully saturated rings. The number of esters is 1. The highest BCUT2D eigenvalue weighted by Crippen LogP contribution is 2.12. The van der Waals surface area contributed by atoms with E-state index < -0.39 is 0 Å². The molecule has 0 aromatic heterocycles. The minimum Gasteiger partial charge on any atom is -0.464 e. The fraction of sp³-hybridized carbons (Fsp3) is 0.944. The van der Waals surface area contributed by atoms with Gasteiger partial charge in [0.15, 0.2) is 0 Å². The van der Waals surface area contributed by atoms with Crippen molar-refractivity contribution in [1.82, 2.24) is 4.90 Å². The van der Waals surface area contributed by atoms with Gasteiger partial charge in [0.25, 0.3) is 0 Å². The third kappa shape index (κ3) is 19.7. The van der Waals surface area contributed by atoms with E-state index in [-0.39, 0.29) is 18.4 Å². The minimum absolute atomic E-state index is 0. The highest BCUT2D eigenvalue weighted by Gasteiger charge is 2.02. The van der Waals surface area contributed by atoms with Crippen LogP contribution in [0, 0.1) is 0 Å². The van der Waals surface area contributed by atoms with Crippen LogP contribution in [-0.2, 0) is 9.53 Å². The van der Waals surface area contributed by atoms with Crippen molar-refractivity contribution in [3.05, 3.63) is 0 Å².